The third-order valence-corrected chi connectivity index (χ3v) is 5.74. The van der Waals surface area contributed by atoms with Gasteiger partial charge in [0.15, 0.2) is 0 Å². The van der Waals surface area contributed by atoms with Crippen molar-refractivity contribution in [2.75, 3.05) is 31.1 Å². The van der Waals surface area contributed by atoms with Crippen molar-refractivity contribution in [2.24, 2.45) is 0 Å². The molecule has 0 radical (unpaired) electrons. The predicted molar refractivity (Wildman–Crippen MR) is 121 cm³/mol. The second kappa shape index (κ2) is 11.1. The molecule has 1 aliphatic heterocycles. The molecule has 5 nitrogen and oxygen atoms in total. The molecule has 1 N–H and O–H groups in total. The summed E-state index contributed by atoms with van der Waals surface area (Å²) in [4.78, 5) is 17.1. The largest absolute Gasteiger partial charge is 0.488 e. The van der Waals surface area contributed by atoms with Gasteiger partial charge in [-0.2, -0.15) is 0 Å². The Balaban J connectivity index is 1.53. The standard InChI is InChI=1S/C25H34N2O3/c1-3-25(29)27(22-9-5-4-6-10-22)23-13-16-26(17-14-23)15-12-21-8-7-11-24(18-21)30-20(2)19-28/h4-11,18,20,23,28H,3,12-17,19H2,1-2H3. The lowest BCUT2D eigenvalue weighted by Gasteiger charge is -2.38. The summed E-state index contributed by atoms with van der Waals surface area (Å²) in [6.07, 6.45) is 3.29. The SMILES string of the molecule is CCC(=O)N(c1ccccc1)C1CCN(CCc2cccc(OC(C)CO)c2)CC1. The van der Waals surface area contributed by atoms with Crippen molar-refractivity contribution in [3.05, 3.63) is 60.2 Å². The third-order valence-electron chi connectivity index (χ3n) is 5.74. The summed E-state index contributed by atoms with van der Waals surface area (Å²) in [5.41, 5.74) is 2.25. The highest BCUT2D eigenvalue weighted by Crippen LogP contribution is 2.25. The van der Waals surface area contributed by atoms with Crippen molar-refractivity contribution in [1.29, 1.82) is 0 Å². The number of para-hydroxylation sites is 1. The lowest BCUT2D eigenvalue weighted by molar-refractivity contribution is -0.119. The molecule has 0 aliphatic carbocycles. The summed E-state index contributed by atoms with van der Waals surface area (Å²) >= 11 is 0. The van der Waals surface area contributed by atoms with Crippen molar-refractivity contribution in [1.82, 2.24) is 4.90 Å². The summed E-state index contributed by atoms with van der Waals surface area (Å²) in [7, 11) is 0. The number of hydrogen-bond donors (Lipinski definition) is 1. The Hall–Kier alpha value is -2.37. The molecule has 0 saturated carbocycles. The summed E-state index contributed by atoms with van der Waals surface area (Å²) in [5.74, 6) is 1.01. The van der Waals surface area contributed by atoms with Crippen LogP contribution in [0.1, 0.15) is 38.7 Å². The number of hydrogen-bond acceptors (Lipinski definition) is 4. The minimum Gasteiger partial charge on any atom is -0.488 e. The average Bonchev–Trinajstić information content (AvgIpc) is 2.79. The van der Waals surface area contributed by atoms with Crippen molar-refractivity contribution in [2.45, 2.75) is 51.7 Å². The van der Waals surface area contributed by atoms with Gasteiger partial charge in [0.05, 0.1) is 6.61 Å². The van der Waals surface area contributed by atoms with Crippen LogP contribution in [0, 0.1) is 0 Å². The molecule has 1 fully saturated rings. The fourth-order valence-electron chi connectivity index (χ4n) is 4.05. The van der Waals surface area contributed by atoms with E-state index in [4.69, 9.17) is 9.84 Å². The van der Waals surface area contributed by atoms with Crippen LogP contribution in [0.4, 0.5) is 5.69 Å². The average molecular weight is 411 g/mol. The molecule has 0 aromatic heterocycles. The van der Waals surface area contributed by atoms with Gasteiger partial charge in [-0.05, 0) is 56.0 Å². The first-order chi connectivity index (χ1) is 14.6. The van der Waals surface area contributed by atoms with Gasteiger partial charge in [0, 0.05) is 37.8 Å². The maximum atomic E-state index is 12.6. The Morgan fingerprint density at radius 3 is 2.57 bits per heavy atom. The Kier molecular flexibility index (Phi) is 8.29. The first kappa shape index (κ1) is 22.3. The number of piperidine rings is 1. The van der Waals surface area contributed by atoms with Crippen LogP contribution in [0.2, 0.25) is 0 Å². The van der Waals surface area contributed by atoms with Gasteiger partial charge in [0.25, 0.3) is 0 Å². The minimum absolute atomic E-state index is 0.0136. The molecule has 3 rings (SSSR count). The number of anilines is 1. The van der Waals surface area contributed by atoms with Crippen molar-refractivity contribution >= 4 is 11.6 Å². The lowest BCUT2D eigenvalue weighted by atomic mass is 10.0. The van der Waals surface area contributed by atoms with Gasteiger partial charge in [-0.3, -0.25) is 4.79 Å². The molecule has 2 aromatic rings. The fourth-order valence-corrected chi connectivity index (χ4v) is 4.05. The zero-order valence-corrected chi connectivity index (χ0v) is 18.2. The number of ether oxygens (including phenoxy) is 1. The van der Waals surface area contributed by atoms with E-state index in [-0.39, 0.29) is 24.7 Å². The Morgan fingerprint density at radius 1 is 1.17 bits per heavy atom. The van der Waals surface area contributed by atoms with E-state index >= 15 is 0 Å². The maximum absolute atomic E-state index is 12.6. The van der Waals surface area contributed by atoms with Crippen LogP contribution in [-0.2, 0) is 11.2 Å². The van der Waals surface area contributed by atoms with Crippen molar-refractivity contribution in [3.63, 3.8) is 0 Å². The van der Waals surface area contributed by atoms with Crippen LogP contribution in [0.15, 0.2) is 54.6 Å². The first-order valence-electron chi connectivity index (χ1n) is 11.1. The summed E-state index contributed by atoms with van der Waals surface area (Å²) in [6, 6.07) is 18.5. The molecule has 1 atom stereocenters. The molecule has 0 bridgehead atoms. The second-order valence-corrected chi connectivity index (χ2v) is 8.03. The molecular weight excluding hydrogens is 376 g/mol. The number of benzene rings is 2. The zero-order valence-electron chi connectivity index (χ0n) is 18.2. The van der Waals surface area contributed by atoms with Gasteiger partial charge in [-0.15, -0.1) is 0 Å². The smallest absolute Gasteiger partial charge is 0.226 e. The molecule has 5 heteroatoms. The van der Waals surface area contributed by atoms with Gasteiger partial charge in [-0.25, -0.2) is 0 Å². The van der Waals surface area contributed by atoms with E-state index in [9.17, 15) is 4.79 Å². The van der Waals surface area contributed by atoms with Crippen LogP contribution >= 0.6 is 0 Å². The van der Waals surface area contributed by atoms with E-state index in [2.05, 4.69) is 17.0 Å². The van der Waals surface area contributed by atoms with Gasteiger partial charge in [0.2, 0.25) is 5.91 Å². The normalized spacial score (nSPS) is 16.2. The highest BCUT2D eigenvalue weighted by Gasteiger charge is 2.28. The molecule has 1 heterocycles. The molecule has 162 valence electrons. The number of nitrogens with zero attached hydrogens (tertiary/aromatic N) is 2. The minimum atomic E-state index is -0.197. The number of rotatable bonds is 9. The molecular formula is C25H34N2O3. The van der Waals surface area contributed by atoms with E-state index in [1.165, 1.54) is 5.56 Å². The molecule has 1 aliphatic rings. The molecule has 0 spiro atoms. The van der Waals surface area contributed by atoms with E-state index < -0.39 is 0 Å². The predicted octanol–water partition coefficient (Wildman–Crippen LogP) is 3.90. The summed E-state index contributed by atoms with van der Waals surface area (Å²) < 4.78 is 5.71. The molecule has 2 aromatic carbocycles. The fraction of sp³-hybridized carbons (Fsp3) is 0.480. The lowest BCUT2D eigenvalue weighted by Crippen LogP contribution is -2.47. The van der Waals surface area contributed by atoms with E-state index in [1.54, 1.807) is 0 Å². The van der Waals surface area contributed by atoms with Gasteiger partial charge >= 0.3 is 0 Å². The van der Waals surface area contributed by atoms with Crippen LogP contribution < -0.4 is 9.64 Å². The number of carbonyl (C=O) groups excluding carboxylic acids is 1. The topological polar surface area (TPSA) is 53.0 Å². The molecule has 1 unspecified atom stereocenters. The van der Waals surface area contributed by atoms with Crippen LogP contribution in [-0.4, -0.2) is 54.3 Å². The van der Waals surface area contributed by atoms with E-state index in [0.717, 1.165) is 50.3 Å². The molecule has 1 amide bonds. The second-order valence-electron chi connectivity index (χ2n) is 8.03. The van der Waals surface area contributed by atoms with Crippen molar-refractivity contribution in [3.8, 4) is 5.75 Å². The van der Waals surface area contributed by atoms with Crippen LogP contribution in [0.25, 0.3) is 0 Å². The molecule has 30 heavy (non-hydrogen) atoms. The zero-order chi connectivity index (χ0) is 21.3. The van der Waals surface area contributed by atoms with Gasteiger partial charge in [-0.1, -0.05) is 37.3 Å². The third kappa shape index (κ3) is 6.07. The Morgan fingerprint density at radius 2 is 1.90 bits per heavy atom. The van der Waals surface area contributed by atoms with Gasteiger partial charge < -0.3 is 19.6 Å². The van der Waals surface area contributed by atoms with E-state index in [0.29, 0.717) is 6.42 Å². The number of likely N-dealkylation sites (tertiary alicyclic amines) is 1. The number of carbonyl (C=O) groups is 1. The summed E-state index contributed by atoms with van der Waals surface area (Å²) in [5, 5.41) is 9.17. The highest BCUT2D eigenvalue weighted by molar-refractivity contribution is 5.93. The van der Waals surface area contributed by atoms with Gasteiger partial charge in [0.1, 0.15) is 11.9 Å². The number of aliphatic hydroxyl groups excluding tert-OH is 1. The van der Waals surface area contributed by atoms with Crippen LogP contribution in [0.5, 0.6) is 5.75 Å². The maximum Gasteiger partial charge on any atom is 0.226 e. The highest BCUT2D eigenvalue weighted by atomic mass is 16.5. The van der Waals surface area contributed by atoms with Crippen LogP contribution in [0.3, 0.4) is 0 Å². The number of aliphatic hydroxyl groups is 1. The Bertz CT molecular complexity index is 788. The summed E-state index contributed by atoms with van der Waals surface area (Å²) in [6.45, 7) is 6.81. The first-order valence-corrected chi connectivity index (χ1v) is 11.1. The Labute approximate surface area is 180 Å². The molecule has 1 saturated heterocycles. The monoisotopic (exact) mass is 410 g/mol. The quantitative estimate of drug-likeness (QED) is 0.681. The van der Waals surface area contributed by atoms with Crippen molar-refractivity contribution < 1.29 is 14.6 Å². The number of amides is 1. The van der Waals surface area contributed by atoms with E-state index in [1.807, 2.05) is 61.2 Å².